The van der Waals surface area contributed by atoms with Gasteiger partial charge in [0.15, 0.2) is 0 Å². The number of carboxylic acid groups (broad SMARTS) is 4. The molecule has 143 heavy (non-hydrogen) atoms. The molecule has 18 atom stereocenters. The maximum Gasteiger partial charge on any atom is 0.325 e. The average molecular weight is 2210 g/mol. The third-order valence-electron chi connectivity index (χ3n) is 19.3. The second-order valence-electron chi connectivity index (χ2n) is 41.5. The van der Waals surface area contributed by atoms with E-state index in [1.807, 2.05) is 160 Å². The van der Waals surface area contributed by atoms with Crippen LogP contribution in [0.1, 0.15) is 335 Å². The number of nitrogens with zero attached hydrogens (tertiary/aromatic N) is 1. The van der Waals surface area contributed by atoms with Gasteiger partial charge in [0.25, 0.3) is 0 Å². The lowest BCUT2D eigenvalue weighted by molar-refractivity contribution is -0.152. The minimum atomic E-state index is -0.999. The fourth-order valence-corrected chi connectivity index (χ4v) is 24.0. The summed E-state index contributed by atoms with van der Waals surface area (Å²) in [5.74, 6) is -3.74. The molecule has 850 valence electrons. The number of nitrogens with two attached hydrogens (primary N) is 7. The number of esters is 5. The first kappa shape index (κ1) is 153. The second kappa shape index (κ2) is 85.4. The number of hydrogen-bond acceptors (Lipinski definition) is 35. The summed E-state index contributed by atoms with van der Waals surface area (Å²) in [7, 11) is 0. The first-order valence-electron chi connectivity index (χ1n) is 51.1. The van der Waals surface area contributed by atoms with E-state index in [9.17, 15) is 68.1 Å². The molecule has 1 aliphatic carbocycles. The van der Waals surface area contributed by atoms with E-state index < -0.39 is 107 Å². The van der Waals surface area contributed by atoms with Crippen molar-refractivity contribution in [2.45, 2.75) is 522 Å². The number of carboxylic acids is 4. The zero-order valence-corrected chi connectivity index (χ0v) is 102. The highest BCUT2D eigenvalue weighted by molar-refractivity contribution is 8.02. The van der Waals surface area contributed by atoms with Crippen LogP contribution in [-0.4, -0.2) is 313 Å². The van der Waals surface area contributed by atoms with Crippen molar-refractivity contribution >= 4 is 171 Å². The molecule has 0 aromatic heterocycles. The number of aliphatic hydroxyl groups excluding tert-OH is 2. The number of aliphatic hydroxyl groups is 2. The Bertz CT molecular complexity index is 3320. The number of aliphatic carboxylic acids is 4. The highest BCUT2D eigenvalue weighted by atomic mass is 32.2. The molecular formula is C102H206N10O22S9. The molecule has 1 aliphatic heterocycles. The zero-order chi connectivity index (χ0) is 113. The van der Waals surface area contributed by atoms with Crippen LogP contribution in [0.2, 0.25) is 0 Å². The van der Waals surface area contributed by atoms with Crippen LogP contribution in [0.5, 0.6) is 0 Å². The van der Waals surface area contributed by atoms with E-state index in [2.05, 4.69) is 140 Å². The van der Waals surface area contributed by atoms with Crippen molar-refractivity contribution in [3.05, 3.63) is 0 Å². The number of likely N-dealkylation sites (tertiary alicyclic amines) is 1. The summed E-state index contributed by atoms with van der Waals surface area (Å²) in [6.07, 6.45) is 4.39. The number of primary amides is 2. The van der Waals surface area contributed by atoms with Crippen molar-refractivity contribution in [3.8, 4) is 0 Å². The van der Waals surface area contributed by atoms with Gasteiger partial charge in [0.05, 0.1) is 65.1 Å². The number of rotatable bonds is 57. The fourth-order valence-electron chi connectivity index (χ4n) is 13.5. The van der Waals surface area contributed by atoms with Gasteiger partial charge in [-0.2, -0.15) is 82.3 Å². The third kappa shape index (κ3) is 85.1. The summed E-state index contributed by atoms with van der Waals surface area (Å²) in [5.41, 5.74) is 39.2. The van der Waals surface area contributed by atoms with Gasteiger partial charge in [0.1, 0.15) is 42.3 Å². The molecule has 32 nitrogen and oxygen atoms in total. The molecule has 0 spiro atoms. The summed E-state index contributed by atoms with van der Waals surface area (Å²) in [4.78, 5) is 127. The van der Waals surface area contributed by atoms with E-state index in [1.165, 1.54) is 29.9 Å². The van der Waals surface area contributed by atoms with Gasteiger partial charge in [-0.3, -0.25) is 63.0 Å². The van der Waals surface area contributed by atoms with Gasteiger partial charge < -0.3 is 99.8 Å². The van der Waals surface area contributed by atoms with Crippen LogP contribution in [0.25, 0.3) is 0 Å². The lowest BCUT2D eigenvalue weighted by Crippen LogP contribution is -2.49. The molecule has 1 saturated carbocycles. The van der Waals surface area contributed by atoms with Crippen LogP contribution in [0.15, 0.2) is 0 Å². The summed E-state index contributed by atoms with van der Waals surface area (Å²) in [6.45, 7) is 81.3. The second-order valence-corrected chi connectivity index (χ2v) is 57.5. The molecule has 0 aromatic rings. The molecule has 1 heterocycles. The molecule has 0 bridgehead atoms. The number of thioether (sulfide) groups is 9. The Labute approximate surface area is 903 Å². The van der Waals surface area contributed by atoms with Crippen molar-refractivity contribution in [2.24, 2.45) is 69.7 Å². The first-order valence-corrected chi connectivity index (χ1v) is 59.8. The topological polar surface area (TPSA) is 565 Å². The van der Waals surface area contributed by atoms with Gasteiger partial charge in [0, 0.05) is 62.4 Å². The van der Waals surface area contributed by atoms with Crippen molar-refractivity contribution in [1.29, 1.82) is 0 Å². The molecule has 2 fully saturated rings. The van der Waals surface area contributed by atoms with Gasteiger partial charge in [-0.15, -0.1) is 23.5 Å². The quantitative estimate of drug-likeness (QED) is 0.0199. The molecule has 2 aliphatic rings. The first-order chi connectivity index (χ1) is 65.4. The summed E-state index contributed by atoms with van der Waals surface area (Å²) < 4.78 is 25.4. The van der Waals surface area contributed by atoms with E-state index in [4.69, 9.17) is 79.1 Å². The molecule has 41 heteroatoms. The minimum Gasteiger partial charge on any atom is -0.481 e. The number of carbonyl (C=O) groups excluding carboxylic acids is 7. The fraction of sp³-hybridized carbons (Fsp3) is 0.892. The monoisotopic (exact) mass is 2210 g/mol. The Morgan fingerprint density at radius 1 is 0.392 bits per heavy atom. The van der Waals surface area contributed by atoms with Crippen LogP contribution in [0.3, 0.4) is 0 Å². The average Bonchev–Trinajstić information content (AvgIpc) is 1.66. The van der Waals surface area contributed by atoms with E-state index >= 15 is 0 Å². The zero-order valence-electron chi connectivity index (χ0n) is 95.0. The number of amides is 2. The van der Waals surface area contributed by atoms with Crippen LogP contribution >= 0.6 is 106 Å². The number of ether oxygens (including phenoxy) is 5. The minimum absolute atomic E-state index is 0.0110. The highest BCUT2D eigenvalue weighted by Crippen LogP contribution is 2.38. The van der Waals surface area contributed by atoms with Crippen LogP contribution in [0, 0.1) is 29.6 Å². The molecule has 18 unspecified atom stereocenters. The maximum absolute atomic E-state index is 11.7. The maximum atomic E-state index is 11.7. The van der Waals surface area contributed by atoms with Gasteiger partial charge in [-0.1, -0.05) is 194 Å². The van der Waals surface area contributed by atoms with E-state index in [0.29, 0.717) is 101 Å². The van der Waals surface area contributed by atoms with E-state index in [-0.39, 0.29) is 112 Å². The van der Waals surface area contributed by atoms with Crippen molar-refractivity contribution in [2.75, 3.05) is 24.6 Å². The highest BCUT2D eigenvalue weighted by Gasteiger charge is 2.40. The molecule has 2 amide bonds. The van der Waals surface area contributed by atoms with E-state index in [1.54, 1.807) is 74.7 Å². The predicted molar refractivity (Wildman–Crippen MR) is 612 cm³/mol. The van der Waals surface area contributed by atoms with Crippen LogP contribution < -0.4 is 50.8 Å². The SMILES string of the molecule is CC(C)CC(C(=O)O)C(SC(C)C)C(C)C.CC(C)NC(C(=O)O)C(O)CSC(C)C.CC(C)NC(CC(SC(C)C)C(N)=O)C(=O)O.CC(C)OC(=O)C(N)C(O)CSC(C)C.CC(C)OC(=O)C(N)C(SC(C)C)C(C)C.CC(C)OC(=O)C(N)CC(CCN)SC(C)C.CC(C)OC(=O)C(N)CC(SC(C)C)C(N)=O.CC(C)OC(=O)C1CCC(SC(C)C)C1.CC(C)SC1CC(C(=O)O)N(C(C)C)C1. The van der Waals surface area contributed by atoms with Crippen molar-refractivity contribution in [3.63, 3.8) is 0 Å². The third-order valence-corrected chi connectivity index (χ3v) is 31.7. The predicted octanol–water partition coefficient (Wildman–Crippen LogP) is 16.3. The van der Waals surface area contributed by atoms with Gasteiger partial charge >= 0.3 is 53.7 Å². The summed E-state index contributed by atoms with van der Waals surface area (Å²) in [5, 5.41) is 66.4. The Hall–Kier alpha value is -3.08. The molecule has 0 aromatic carbocycles. The Kier molecular flexibility index (Phi) is 91.3. The summed E-state index contributed by atoms with van der Waals surface area (Å²) >= 11 is 15.2. The van der Waals surface area contributed by atoms with Crippen molar-refractivity contribution < 1.29 is 107 Å². The van der Waals surface area contributed by atoms with Crippen LogP contribution in [0.4, 0.5) is 0 Å². The van der Waals surface area contributed by atoms with Gasteiger partial charge in [-0.25, -0.2) is 0 Å². The molecule has 22 N–H and O–H groups in total. The normalized spacial score (nSPS) is 17.8. The van der Waals surface area contributed by atoms with Gasteiger partial charge in [0.2, 0.25) is 11.8 Å². The molecule has 2 rings (SSSR count). The standard InChI is InChI=1S/C13H26O2S.C12H26N2O2S.C12H25NO2S.C12H22O2S.2C11H22N2O3S.C11H21NO2S.2C10H21NO3S/c1-8(2)7-11(13(14)15)12(9(3)4)16-10(5)6;1-8(2)16-12(15)11(14)7-10(5-6-13)17-9(3)4;1-7(2)11(16-9(5)6)10(13)12(14)15-8(3)4;1-8(2)14-12(13)10-5-6-11(7-10)15-9(3)4;1-6(2)13-8(11(15)16)5-9(10(12)14)17-7(3)4;1-6(2)16-11(15)8(12)5-9(10(13)14)17-7(3)4;1-7(2)12-6-9(15-8(3)4)5-10(12)11(13)14;1-6(2)14-10(13)9(11)8(12)5-15-7(3)4;1-6(2)11-9(10(13)14)8(12)5-15-7(3)4/h8-12H,7H2,1-6H3,(H,14,15);8-11H,5-7,13-14H2,1-4H3;7-11H,13H2,1-6H3;8-11H,5-7H2,1-4H3;6-9,13H,5H2,1-4H3,(H2,12,14)(H,15,16);6-9H,5,12H2,1-4H3,(H2,13,14);7-10H,5-6H2,1-4H3,(H,13,14);6-9,12H,5,11H2,1-4H3;6-9,11-12H,5H2,1-4H3,(H,13,14). The Morgan fingerprint density at radius 3 is 1.09 bits per heavy atom. The van der Waals surface area contributed by atoms with E-state index in [0.717, 1.165) is 38.6 Å². The largest absolute Gasteiger partial charge is 0.481 e. The number of nitrogens with one attached hydrogen (secondary N) is 2. The molecule has 1 saturated heterocycles. The Balaban J connectivity index is -0.000000291. The number of hydrogen-bond donors (Lipinski definition) is 15. The number of carbonyl (C=O) groups is 11. The molecular weight excluding hydrogens is 2010 g/mol. The van der Waals surface area contributed by atoms with Crippen molar-refractivity contribution in [1.82, 2.24) is 15.5 Å². The lowest BCUT2D eigenvalue weighted by atomic mass is 9.89. The Morgan fingerprint density at radius 2 is 0.769 bits per heavy atom. The van der Waals surface area contributed by atoms with Crippen LogP contribution in [-0.2, 0) is 76.4 Å². The summed E-state index contributed by atoms with van der Waals surface area (Å²) in [6, 6.07) is -4.30. The smallest absolute Gasteiger partial charge is 0.325 e. The lowest BCUT2D eigenvalue weighted by Gasteiger charge is -2.29. The molecule has 0 radical (unpaired) electrons. The van der Waals surface area contributed by atoms with Gasteiger partial charge in [-0.05, 0) is 212 Å².